The summed E-state index contributed by atoms with van der Waals surface area (Å²) in [7, 11) is 0. The number of allylic oxidation sites excluding steroid dienone is 13. The molecule has 2 aliphatic rings. The Morgan fingerprint density at radius 1 is 0.411 bits per heavy atom. The molecule has 14 heteroatoms. The van der Waals surface area contributed by atoms with Gasteiger partial charge in [-0.3, -0.25) is 4.79 Å². The van der Waals surface area contributed by atoms with Gasteiger partial charge in [0.25, 0.3) is 0 Å². The SMILES string of the molecule is CC/C=C\C/C=C\C/C=C\C/C=C\CCCCCCCCCCCCCCCCCCCCC(=O)NC(COC1OC(CO)C(OC2OC(CO)C(O)C(O)C2O)C(O)C1O)C(O)/C=C/CC/C=C/CC/C=C/CCCCCCCCCCCCCCCCC. The number of rotatable bonds is 60. The average Bonchev–Trinajstić information content (AvgIpc) is 1.42. The number of hydrogen-bond donors (Lipinski definition) is 9. The molecule has 14 nitrogen and oxygen atoms in total. The molecule has 0 spiro atoms. The highest BCUT2D eigenvalue weighted by molar-refractivity contribution is 5.76. The van der Waals surface area contributed by atoms with Gasteiger partial charge in [-0.25, -0.2) is 0 Å². The summed E-state index contributed by atoms with van der Waals surface area (Å²) in [6.45, 7) is 2.70. The van der Waals surface area contributed by atoms with Crippen molar-refractivity contribution < 1.29 is 64.6 Å². The fourth-order valence-corrected chi connectivity index (χ4v) is 11.7. The Hall–Kier alpha value is -2.83. The van der Waals surface area contributed by atoms with Crippen LogP contribution in [0.2, 0.25) is 0 Å². The number of amides is 1. The molecule has 2 aliphatic heterocycles. The molecule has 2 rings (SSSR count). The second-order valence-corrected chi connectivity index (χ2v) is 25.7. The van der Waals surface area contributed by atoms with Crippen LogP contribution >= 0.6 is 0 Å². The van der Waals surface area contributed by atoms with E-state index in [2.05, 4.69) is 92.1 Å². The molecule has 12 unspecified atom stereocenters. The lowest BCUT2D eigenvalue weighted by Gasteiger charge is -2.46. The Morgan fingerprint density at radius 2 is 0.778 bits per heavy atom. The maximum absolute atomic E-state index is 13.3. The zero-order valence-electron chi connectivity index (χ0n) is 56.9. The van der Waals surface area contributed by atoms with Crippen molar-refractivity contribution in [1.29, 1.82) is 0 Å². The maximum Gasteiger partial charge on any atom is 0.220 e. The first kappa shape index (κ1) is 83.3. The minimum absolute atomic E-state index is 0.251. The van der Waals surface area contributed by atoms with Gasteiger partial charge in [0.05, 0.1) is 32.0 Å². The van der Waals surface area contributed by atoms with Crippen LogP contribution in [-0.4, -0.2) is 140 Å². The molecule has 0 aromatic carbocycles. The molecule has 522 valence electrons. The van der Waals surface area contributed by atoms with Crippen LogP contribution in [0.25, 0.3) is 0 Å². The number of carbonyl (C=O) groups excluding carboxylic acids is 1. The summed E-state index contributed by atoms with van der Waals surface area (Å²) in [5.74, 6) is -0.251. The van der Waals surface area contributed by atoms with Crippen molar-refractivity contribution in [1.82, 2.24) is 5.32 Å². The van der Waals surface area contributed by atoms with E-state index in [1.165, 1.54) is 193 Å². The number of aliphatic hydroxyl groups excluding tert-OH is 8. The summed E-state index contributed by atoms with van der Waals surface area (Å²) in [5, 5.41) is 87.5. The van der Waals surface area contributed by atoms with E-state index in [-0.39, 0.29) is 18.9 Å². The Balaban J connectivity index is 1.67. The molecule has 2 heterocycles. The lowest BCUT2D eigenvalue weighted by molar-refractivity contribution is -0.359. The van der Waals surface area contributed by atoms with Gasteiger partial charge in [0.1, 0.15) is 48.8 Å². The van der Waals surface area contributed by atoms with E-state index in [4.69, 9.17) is 18.9 Å². The molecule has 2 fully saturated rings. The molecule has 0 bridgehead atoms. The molecule has 90 heavy (non-hydrogen) atoms. The van der Waals surface area contributed by atoms with Crippen molar-refractivity contribution >= 4 is 5.91 Å². The van der Waals surface area contributed by atoms with E-state index in [9.17, 15) is 45.6 Å². The molecule has 9 N–H and O–H groups in total. The molecule has 0 saturated carbocycles. The van der Waals surface area contributed by atoms with Crippen LogP contribution in [0.1, 0.15) is 296 Å². The molecule has 1 amide bonds. The van der Waals surface area contributed by atoms with Gasteiger partial charge in [0.15, 0.2) is 12.6 Å². The van der Waals surface area contributed by atoms with Gasteiger partial charge in [-0.15, -0.1) is 0 Å². The van der Waals surface area contributed by atoms with Gasteiger partial charge >= 0.3 is 0 Å². The van der Waals surface area contributed by atoms with Gasteiger partial charge in [-0.2, -0.15) is 0 Å². The average molecular weight is 1270 g/mol. The summed E-state index contributed by atoms with van der Waals surface area (Å²) in [4.78, 5) is 13.3. The third-order valence-corrected chi connectivity index (χ3v) is 17.5. The zero-order valence-corrected chi connectivity index (χ0v) is 56.9. The Morgan fingerprint density at radius 3 is 1.22 bits per heavy atom. The lowest BCUT2D eigenvalue weighted by atomic mass is 9.97. The van der Waals surface area contributed by atoms with E-state index in [1.54, 1.807) is 6.08 Å². The van der Waals surface area contributed by atoms with Crippen molar-refractivity contribution in [2.24, 2.45) is 0 Å². The van der Waals surface area contributed by atoms with Gasteiger partial charge in [0, 0.05) is 6.42 Å². The van der Waals surface area contributed by atoms with Gasteiger partial charge < -0.3 is 65.1 Å². The maximum atomic E-state index is 13.3. The number of hydrogen-bond acceptors (Lipinski definition) is 13. The molecular formula is C76H135NO13. The summed E-state index contributed by atoms with van der Waals surface area (Å²) in [6, 6.07) is -0.942. The first-order valence-electron chi connectivity index (χ1n) is 36.8. The van der Waals surface area contributed by atoms with Crippen molar-refractivity contribution in [2.45, 2.75) is 370 Å². The highest BCUT2D eigenvalue weighted by Crippen LogP contribution is 2.30. The Labute approximate surface area is 548 Å². The van der Waals surface area contributed by atoms with Gasteiger partial charge in [-0.1, -0.05) is 292 Å². The zero-order chi connectivity index (χ0) is 65.2. The summed E-state index contributed by atoms with van der Waals surface area (Å²) in [6.07, 6.45) is 66.5. The number of ether oxygens (including phenoxy) is 4. The van der Waals surface area contributed by atoms with E-state index < -0.39 is 86.8 Å². The highest BCUT2D eigenvalue weighted by atomic mass is 16.7. The van der Waals surface area contributed by atoms with Crippen LogP contribution in [0, 0.1) is 0 Å². The molecule has 0 aromatic rings. The summed E-state index contributed by atoms with van der Waals surface area (Å²) < 4.78 is 22.9. The lowest BCUT2D eigenvalue weighted by Crippen LogP contribution is -2.65. The fraction of sp³-hybridized carbons (Fsp3) is 0.803. The largest absolute Gasteiger partial charge is 0.394 e. The van der Waals surface area contributed by atoms with Crippen LogP contribution in [0.5, 0.6) is 0 Å². The Kier molecular flexibility index (Phi) is 55.4. The van der Waals surface area contributed by atoms with Crippen molar-refractivity contribution in [3.63, 3.8) is 0 Å². The first-order valence-corrected chi connectivity index (χ1v) is 36.8. The standard InChI is InChI=1S/C76H135NO13/c1-3-5-7-9-11-13-15-17-19-21-23-25-27-29-30-31-32-33-34-36-38-40-42-44-46-48-50-52-54-56-58-60-68(81)77-64(63-87-75-73(86)71(84)74(67(62-79)89-75)90-76-72(85)70(83)69(82)66(61-78)88-76)65(80)59-57-55-53-51-49-47-45-43-41-39-37-35-28-26-24-22-20-18-16-14-12-10-8-6-4-2/h5,7,11,13,17,19,23,25,41,43,49,51,57,59,64-67,69-76,78-80,82-86H,3-4,6,8-10,12,14-16,18,20-22,24,26-40,42,44-48,50,52-56,58,60-63H2,1-2H3,(H,77,81)/b7-5-,13-11-,19-17-,25-23-,43-41+,51-49+,59-57+. The van der Waals surface area contributed by atoms with Crippen molar-refractivity contribution in [3.05, 3.63) is 85.1 Å². The molecule has 0 radical (unpaired) electrons. The summed E-state index contributed by atoms with van der Waals surface area (Å²) >= 11 is 0. The molecular weight excluding hydrogens is 1130 g/mol. The second-order valence-electron chi connectivity index (χ2n) is 25.7. The van der Waals surface area contributed by atoms with Crippen molar-refractivity contribution in [2.75, 3.05) is 19.8 Å². The number of nitrogens with one attached hydrogen (secondary N) is 1. The predicted molar refractivity (Wildman–Crippen MR) is 369 cm³/mol. The first-order chi connectivity index (χ1) is 44.1. The minimum Gasteiger partial charge on any atom is -0.394 e. The van der Waals surface area contributed by atoms with E-state index in [1.807, 2.05) is 6.08 Å². The fourth-order valence-electron chi connectivity index (χ4n) is 11.7. The molecule has 0 aromatic heterocycles. The van der Waals surface area contributed by atoms with Crippen LogP contribution < -0.4 is 5.32 Å². The van der Waals surface area contributed by atoms with E-state index in [0.717, 1.165) is 70.6 Å². The third-order valence-electron chi connectivity index (χ3n) is 17.5. The number of aliphatic hydroxyl groups is 8. The second kappa shape index (κ2) is 59.9. The van der Waals surface area contributed by atoms with Crippen LogP contribution in [0.3, 0.4) is 0 Å². The van der Waals surface area contributed by atoms with Gasteiger partial charge in [-0.05, 0) is 83.5 Å². The minimum atomic E-state index is -1.80. The predicted octanol–water partition coefficient (Wildman–Crippen LogP) is 15.6. The third kappa shape index (κ3) is 43.2. The Bertz CT molecular complexity index is 1830. The van der Waals surface area contributed by atoms with E-state index >= 15 is 0 Å². The van der Waals surface area contributed by atoms with Gasteiger partial charge in [0.2, 0.25) is 5.91 Å². The smallest absolute Gasteiger partial charge is 0.220 e. The van der Waals surface area contributed by atoms with Crippen LogP contribution in [0.4, 0.5) is 0 Å². The monoisotopic (exact) mass is 1270 g/mol. The molecule has 12 atom stereocenters. The normalized spacial score (nSPS) is 23.4. The topological polar surface area (TPSA) is 228 Å². The van der Waals surface area contributed by atoms with Crippen LogP contribution in [-0.2, 0) is 23.7 Å². The highest BCUT2D eigenvalue weighted by Gasteiger charge is 2.51. The molecule has 2 saturated heterocycles. The number of unbranched alkanes of at least 4 members (excludes halogenated alkanes) is 35. The van der Waals surface area contributed by atoms with E-state index in [0.29, 0.717) is 12.8 Å². The summed E-state index contributed by atoms with van der Waals surface area (Å²) in [5.41, 5.74) is 0. The van der Waals surface area contributed by atoms with Crippen LogP contribution in [0.15, 0.2) is 85.1 Å². The van der Waals surface area contributed by atoms with Crippen molar-refractivity contribution in [3.8, 4) is 0 Å². The number of carbonyl (C=O) groups is 1. The quantitative estimate of drug-likeness (QED) is 0.0204. The molecule has 0 aliphatic carbocycles.